The third-order valence-corrected chi connectivity index (χ3v) is 3.46. The SMILES string of the molecule is Cc1c(N)cccc1CN(CCC#N)c1ccccc1. The quantitative estimate of drug-likeness (QED) is 0.842. The van der Waals surface area contributed by atoms with Gasteiger partial charge < -0.3 is 10.6 Å². The summed E-state index contributed by atoms with van der Waals surface area (Å²) in [6.07, 6.45) is 0.510. The van der Waals surface area contributed by atoms with E-state index in [0.717, 1.165) is 30.0 Å². The minimum atomic E-state index is 0.510. The summed E-state index contributed by atoms with van der Waals surface area (Å²) in [4.78, 5) is 2.21. The van der Waals surface area contributed by atoms with Crippen molar-refractivity contribution in [3.05, 3.63) is 59.7 Å². The summed E-state index contributed by atoms with van der Waals surface area (Å²) in [6.45, 7) is 3.52. The van der Waals surface area contributed by atoms with Crippen molar-refractivity contribution in [2.45, 2.75) is 19.9 Å². The number of benzene rings is 2. The lowest BCUT2D eigenvalue weighted by Gasteiger charge is -2.25. The van der Waals surface area contributed by atoms with Gasteiger partial charge in [-0.1, -0.05) is 30.3 Å². The molecule has 20 heavy (non-hydrogen) atoms. The monoisotopic (exact) mass is 265 g/mol. The number of nitriles is 1. The molecule has 0 fully saturated rings. The number of nitrogen functional groups attached to an aromatic ring is 1. The van der Waals surface area contributed by atoms with Crippen LogP contribution in [-0.2, 0) is 6.54 Å². The molecule has 2 aromatic rings. The van der Waals surface area contributed by atoms with E-state index in [1.807, 2.05) is 37.3 Å². The Morgan fingerprint density at radius 1 is 1.10 bits per heavy atom. The van der Waals surface area contributed by atoms with E-state index >= 15 is 0 Å². The molecule has 0 radical (unpaired) electrons. The van der Waals surface area contributed by atoms with Gasteiger partial charge in [-0.15, -0.1) is 0 Å². The van der Waals surface area contributed by atoms with Crippen molar-refractivity contribution in [3.63, 3.8) is 0 Å². The van der Waals surface area contributed by atoms with Gasteiger partial charge in [0.25, 0.3) is 0 Å². The van der Waals surface area contributed by atoms with Crippen LogP contribution in [-0.4, -0.2) is 6.54 Å². The highest BCUT2D eigenvalue weighted by Crippen LogP contribution is 2.21. The summed E-state index contributed by atoms with van der Waals surface area (Å²) in [6, 6.07) is 18.4. The molecule has 0 aliphatic carbocycles. The van der Waals surface area contributed by atoms with Crippen LogP contribution in [0.25, 0.3) is 0 Å². The van der Waals surface area contributed by atoms with Gasteiger partial charge in [-0.2, -0.15) is 5.26 Å². The molecule has 0 heterocycles. The Balaban J connectivity index is 2.24. The van der Waals surface area contributed by atoms with E-state index in [-0.39, 0.29) is 0 Å². The zero-order chi connectivity index (χ0) is 14.4. The number of nitrogens with zero attached hydrogens (tertiary/aromatic N) is 2. The summed E-state index contributed by atoms with van der Waals surface area (Å²) < 4.78 is 0. The van der Waals surface area contributed by atoms with Crippen molar-refractivity contribution in [2.75, 3.05) is 17.2 Å². The Hall–Kier alpha value is -2.47. The van der Waals surface area contributed by atoms with E-state index in [4.69, 9.17) is 11.0 Å². The first kappa shape index (κ1) is 14.0. The lowest BCUT2D eigenvalue weighted by Crippen LogP contribution is -2.24. The third kappa shape index (κ3) is 3.30. The summed E-state index contributed by atoms with van der Waals surface area (Å²) in [5, 5.41) is 8.83. The van der Waals surface area contributed by atoms with E-state index in [0.29, 0.717) is 6.42 Å². The smallest absolute Gasteiger partial charge is 0.0640 e. The number of rotatable bonds is 5. The second-order valence-corrected chi connectivity index (χ2v) is 4.80. The van der Waals surface area contributed by atoms with Crippen molar-refractivity contribution in [1.29, 1.82) is 5.26 Å². The second-order valence-electron chi connectivity index (χ2n) is 4.80. The maximum absolute atomic E-state index is 8.83. The molecule has 0 bridgehead atoms. The van der Waals surface area contributed by atoms with Gasteiger partial charge in [0.2, 0.25) is 0 Å². The first-order chi connectivity index (χ1) is 9.72. The van der Waals surface area contributed by atoms with Crippen LogP contribution in [0.1, 0.15) is 17.5 Å². The molecule has 3 heteroatoms. The maximum Gasteiger partial charge on any atom is 0.0640 e. The van der Waals surface area contributed by atoms with E-state index in [9.17, 15) is 0 Å². The number of hydrogen-bond acceptors (Lipinski definition) is 3. The third-order valence-electron chi connectivity index (χ3n) is 3.46. The lowest BCUT2D eigenvalue weighted by molar-refractivity contribution is 0.795. The molecule has 0 saturated heterocycles. The highest BCUT2D eigenvalue weighted by atomic mass is 15.1. The number of anilines is 2. The van der Waals surface area contributed by atoms with Crippen LogP contribution in [0, 0.1) is 18.3 Å². The molecule has 0 unspecified atom stereocenters. The van der Waals surface area contributed by atoms with Gasteiger partial charge >= 0.3 is 0 Å². The average Bonchev–Trinajstić information content (AvgIpc) is 2.48. The largest absolute Gasteiger partial charge is 0.399 e. The number of para-hydroxylation sites is 1. The molecule has 3 nitrogen and oxygen atoms in total. The number of nitrogens with two attached hydrogens (primary N) is 1. The van der Waals surface area contributed by atoms with Gasteiger partial charge in [-0.25, -0.2) is 0 Å². The van der Waals surface area contributed by atoms with Gasteiger partial charge in [0.05, 0.1) is 12.5 Å². The fraction of sp³-hybridized carbons (Fsp3) is 0.235. The summed E-state index contributed by atoms with van der Waals surface area (Å²) in [7, 11) is 0. The van der Waals surface area contributed by atoms with E-state index in [1.54, 1.807) is 0 Å². The van der Waals surface area contributed by atoms with Crippen LogP contribution in [0.4, 0.5) is 11.4 Å². The average molecular weight is 265 g/mol. The predicted molar refractivity (Wildman–Crippen MR) is 83.3 cm³/mol. The standard InChI is InChI=1S/C17H19N3/c1-14-15(7-5-10-17(14)19)13-20(12-6-11-18)16-8-3-2-4-9-16/h2-5,7-10H,6,12-13,19H2,1H3. The predicted octanol–water partition coefficient (Wildman–Crippen LogP) is 3.50. The lowest BCUT2D eigenvalue weighted by atomic mass is 10.1. The minimum Gasteiger partial charge on any atom is -0.399 e. The zero-order valence-electron chi connectivity index (χ0n) is 11.7. The van der Waals surface area contributed by atoms with Crippen LogP contribution < -0.4 is 10.6 Å². The second kappa shape index (κ2) is 6.63. The van der Waals surface area contributed by atoms with Crippen molar-refractivity contribution in [1.82, 2.24) is 0 Å². The number of hydrogen-bond donors (Lipinski definition) is 1. The molecule has 2 rings (SSSR count). The van der Waals surface area contributed by atoms with E-state index in [2.05, 4.69) is 29.2 Å². The molecular weight excluding hydrogens is 246 g/mol. The molecule has 0 saturated carbocycles. The van der Waals surface area contributed by atoms with Gasteiger partial charge in [0.1, 0.15) is 0 Å². The Morgan fingerprint density at radius 3 is 2.55 bits per heavy atom. The molecule has 0 atom stereocenters. The Morgan fingerprint density at radius 2 is 1.85 bits per heavy atom. The van der Waals surface area contributed by atoms with Crippen LogP contribution >= 0.6 is 0 Å². The normalized spacial score (nSPS) is 10.0. The van der Waals surface area contributed by atoms with Gasteiger partial charge in [-0.05, 0) is 36.2 Å². The molecule has 2 N–H and O–H groups in total. The molecule has 0 amide bonds. The topological polar surface area (TPSA) is 53.0 Å². The van der Waals surface area contributed by atoms with E-state index < -0.39 is 0 Å². The fourth-order valence-corrected chi connectivity index (χ4v) is 2.20. The van der Waals surface area contributed by atoms with Crippen molar-refractivity contribution < 1.29 is 0 Å². The van der Waals surface area contributed by atoms with Crippen molar-refractivity contribution in [2.24, 2.45) is 0 Å². The zero-order valence-corrected chi connectivity index (χ0v) is 11.7. The van der Waals surface area contributed by atoms with Crippen molar-refractivity contribution in [3.8, 4) is 6.07 Å². The molecule has 0 aliphatic heterocycles. The molecular formula is C17H19N3. The van der Waals surface area contributed by atoms with Gasteiger partial charge in [0.15, 0.2) is 0 Å². The maximum atomic E-state index is 8.83. The highest BCUT2D eigenvalue weighted by molar-refractivity contribution is 5.53. The highest BCUT2D eigenvalue weighted by Gasteiger charge is 2.09. The van der Waals surface area contributed by atoms with Crippen LogP contribution in [0.3, 0.4) is 0 Å². The van der Waals surface area contributed by atoms with Crippen LogP contribution in [0.5, 0.6) is 0 Å². The Labute approximate surface area is 120 Å². The molecule has 102 valence electrons. The Bertz CT molecular complexity index is 599. The fourth-order valence-electron chi connectivity index (χ4n) is 2.20. The molecule has 0 aromatic heterocycles. The van der Waals surface area contributed by atoms with Crippen LogP contribution in [0.2, 0.25) is 0 Å². The van der Waals surface area contributed by atoms with Gasteiger partial charge in [-0.3, -0.25) is 0 Å². The first-order valence-electron chi connectivity index (χ1n) is 6.73. The Kier molecular flexibility index (Phi) is 4.62. The van der Waals surface area contributed by atoms with Crippen molar-refractivity contribution >= 4 is 11.4 Å². The minimum absolute atomic E-state index is 0.510. The summed E-state index contributed by atoms with van der Waals surface area (Å²) in [5.41, 5.74) is 10.2. The van der Waals surface area contributed by atoms with Gasteiger partial charge in [0, 0.05) is 24.5 Å². The summed E-state index contributed by atoms with van der Waals surface area (Å²) >= 11 is 0. The molecule has 2 aromatic carbocycles. The first-order valence-corrected chi connectivity index (χ1v) is 6.73. The summed E-state index contributed by atoms with van der Waals surface area (Å²) in [5.74, 6) is 0. The molecule has 0 aliphatic rings. The van der Waals surface area contributed by atoms with Crippen LogP contribution in [0.15, 0.2) is 48.5 Å². The van der Waals surface area contributed by atoms with E-state index in [1.165, 1.54) is 5.56 Å². The molecule has 0 spiro atoms.